The normalized spacial score (nSPS) is 11.2. The van der Waals surface area contributed by atoms with Crippen molar-refractivity contribution in [2.75, 3.05) is 5.32 Å². The van der Waals surface area contributed by atoms with Gasteiger partial charge in [0.25, 0.3) is 0 Å². The van der Waals surface area contributed by atoms with Gasteiger partial charge in [0.15, 0.2) is 0 Å². The number of carboxylic acid groups (broad SMARTS) is 1. The maximum Gasteiger partial charge on any atom is 0.336 e. The third kappa shape index (κ3) is 3.81. The molecule has 4 heteroatoms. The number of nitrogens with one attached hydrogen (secondary N) is 1. The summed E-state index contributed by atoms with van der Waals surface area (Å²) in [5.41, 5.74) is 4.51. The van der Waals surface area contributed by atoms with Crippen LogP contribution in [0.25, 0.3) is 0 Å². The van der Waals surface area contributed by atoms with Gasteiger partial charge >= 0.3 is 5.97 Å². The number of para-hydroxylation sites is 2. The molecule has 0 heterocycles. The van der Waals surface area contributed by atoms with Crippen molar-refractivity contribution >= 4 is 23.2 Å². The summed E-state index contributed by atoms with van der Waals surface area (Å²) in [4.78, 5) is 16.4. The van der Waals surface area contributed by atoms with E-state index in [-0.39, 0.29) is 5.56 Å². The van der Waals surface area contributed by atoms with Gasteiger partial charge in [-0.2, -0.15) is 0 Å². The van der Waals surface area contributed by atoms with Crippen LogP contribution in [-0.4, -0.2) is 16.9 Å². The number of amidine groups is 1. The second-order valence-electron chi connectivity index (χ2n) is 6.04. The Morgan fingerprint density at radius 2 is 1.38 bits per heavy atom. The second kappa shape index (κ2) is 7.66. The molecular weight excluding hydrogens is 324 g/mol. The summed E-state index contributed by atoms with van der Waals surface area (Å²) in [6.45, 7) is 3.98. The Morgan fingerprint density at radius 3 is 2.04 bits per heavy atom. The molecule has 0 spiro atoms. The molecule has 0 aliphatic rings. The van der Waals surface area contributed by atoms with E-state index in [9.17, 15) is 9.90 Å². The third-order valence-corrected chi connectivity index (χ3v) is 4.16. The fraction of sp³-hybridized carbons (Fsp3) is 0.0909. The third-order valence-electron chi connectivity index (χ3n) is 4.16. The molecule has 0 amide bonds. The summed E-state index contributed by atoms with van der Waals surface area (Å²) in [6, 6.07) is 22.5. The zero-order valence-corrected chi connectivity index (χ0v) is 14.7. The van der Waals surface area contributed by atoms with Gasteiger partial charge in [-0.05, 0) is 43.2 Å². The van der Waals surface area contributed by atoms with Gasteiger partial charge in [0.2, 0.25) is 0 Å². The highest BCUT2D eigenvalue weighted by Crippen LogP contribution is 2.22. The van der Waals surface area contributed by atoms with Crippen molar-refractivity contribution in [1.82, 2.24) is 0 Å². The summed E-state index contributed by atoms with van der Waals surface area (Å²) < 4.78 is 0. The lowest BCUT2D eigenvalue weighted by atomic mass is 10.1. The van der Waals surface area contributed by atoms with E-state index in [0.717, 1.165) is 22.5 Å². The van der Waals surface area contributed by atoms with Gasteiger partial charge in [-0.1, -0.05) is 54.6 Å². The van der Waals surface area contributed by atoms with E-state index in [4.69, 9.17) is 4.99 Å². The number of anilines is 1. The van der Waals surface area contributed by atoms with E-state index in [1.807, 2.05) is 68.4 Å². The van der Waals surface area contributed by atoms with Crippen LogP contribution in [0.1, 0.15) is 27.0 Å². The first-order valence-corrected chi connectivity index (χ1v) is 8.36. The van der Waals surface area contributed by atoms with E-state index >= 15 is 0 Å². The number of carboxylic acids is 1. The predicted molar refractivity (Wildman–Crippen MR) is 106 cm³/mol. The average Bonchev–Trinajstić information content (AvgIpc) is 2.64. The summed E-state index contributed by atoms with van der Waals surface area (Å²) in [5.74, 6) is -0.476. The molecule has 0 atom stereocenters. The van der Waals surface area contributed by atoms with Crippen LogP contribution in [0, 0.1) is 13.8 Å². The van der Waals surface area contributed by atoms with E-state index in [0.29, 0.717) is 11.4 Å². The molecule has 130 valence electrons. The topological polar surface area (TPSA) is 61.7 Å². The van der Waals surface area contributed by atoms with E-state index < -0.39 is 5.97 Å². The number of aryl methyl sites for hydroxylation is 2. The van der Waals surface area contributed by atoms with Gasteiger partial charge in [0.1, 0.15) is 5.84 Å². The second-order valence-corrected chi connectivity index (χ2v) is 6.04. The van der Waals surface area contributed by atoms with Crippen molar-refractivity contribution in [2.24, 2.45) is 4.99 Å². The van der Waals surface area contributed by atoms with Crippen LogP contribution >= 0.6 is 0 Å². The first kappa shape index (κ1) is 17.4. The highest BCUT2D eigenvalue weighted by atomic mass is 16.4. The van der Waals surface area contributed by atoms with E-state index in [2.05, 4.69) is 5.32 Å². The van der Waals surface area contributed by atoms with Crippen LogP contribution in [0.15, 0.2) is 77.8 Å². The van der Waals surface area contributed by atoms with E-state index in [1.165, 1.54) is 0 Å². The van der Waals surface area contributed by atoms with Crippen LogP contribution in [0.5, 0.6) is 0 Å². The Kier molecular flexibility index (Phi) is 5.13. The number of hydrogen-bond acceptors (Lipinski definition) is 2. The van der Waals surface area contributed by atoms with Crippen LogP contribution in [0.4, 0.5) is 11.4 Å². The first-order chi connectivity index (χ1) is 12.6. The maximum atomic E-state index is 11.7. The van der Waals surface area contributed by atoms with Crippen molar-refractivity contribution in [1.29, 1.82) is 0 Å². The fourth-order valence-corrected chi connectivity index (χ4v) is 2.68. The quantitative estimate of drug-likeness (QED) is 0.505. The molecule has 4 nitrogen and oxygen atoms in total. The highest BCUT2D eigenvalue weighted by Gasteiger charge is 2.15. The molecule has 0 unspecified atom stereocenters. The molecule has 3 aromatic rings. The van der Waals surface area contributed by atoms with Crippen molar-refractivity contribution in [3.05, 3.63) is 95.1 Å². The number of nitrogens with zero attached hydrogens (tertiary/aromatic N) is 1. The minimum absolute atomic E-state index is 0.209. The Hall–Kier alpha value is -3.40. The molecule has 3 rings (SSSR count). The first-order valence-electron chi connectivity index (χ1n) is 8.36. The van der Waals surface area contributed by atoms with Gasteiger partial charge in [0, 0.05) is 11.3 Å². The Morgan fingerprint density at radius 1 is 0.808 bits per heavy atom. The molecule has 0 saturated heterocycles. The van der Waals surface area contributed by atoms with Crippen molar-refractivity contribution in [3.8, 4) is 0 Å². The van der Waals surface area contributed by atoms with Crippen LogP contribution < -0.4 is 5.32 Å². The maximum absolute atomic E-state index is 11.7. The molecule has 0 aromatic heterocycles. The Bertz CT molecular complexity index is 977. The van der Waals surface area contributed by atoms with Crippen molar-refractivity contribution < 1.29 is 9.90 Å². The number of benzene rings is 3. The summed E-state index contributed by atoms with van der Waals surface area (Å²) >= 11 is 0. The highest BCUT2D eigenvalue weighted by molar-refractivity contribution is 6.14. The van der Waals surface area contributed by atoms with Gasteiger partial charge in [0.05, 0.1) is 11.3 Å². The Labute approximate surface area is 152 Å². The zero-order chi connectivity index (χ0) is 18.5. The van der Waals surface area contributed by atoms with Gasteiger partial charge in [-0.15, -0.1) is 0 Å². The lowest BCUT2D eigenvalue weighted by Gasteiger charge is -2.15. The number of aliphatic imine (C=N–C) groups is 1. The average molecular weight is 344 g/mol. The smallest absolute Gasteiger partial charge is 0.336 e. The van der Waals surface area contributed by atoms with Gasteiger partial charge in [-0.3, -0.25) is 0 Å². The van der Waals surface area contributed by atoms with Crippen molar-refractivity contribution in [3.63, 3.8) is 0 Å². The molecule has 0 bridgehead atoms. The summed E-state index contributed by atoms with van der Waals surface area (Å²) in [7, 11) is 0. The number of aromatic carboxylic acids is 1. The fourth-order valence-electron chi connectivity index (χ4n) is 2.68. The van der Waals surface area contributed by atoms with Gasteiger partial charge in [-0.25, -0.2) is 9.79 Å². The zero-order valence-electron chi connectivity index (χ0n) is 14.7. The lowest BCUT2D eigenvalue weighted by Crippen LogP contribution is -2.18. The summed E-state index contributed by atoms with van der Waals surface area (Å²) in [6.07, 6.45) is 0. The molecule has 0 saturated carbocycles. The van der Waals surface area contributed by atoms with Crippen LogP contribution in [-0.2, 0) is 0 Å². The molecule has 2 N–H and O–H groups in total. The molecule has 26 heavy (non-hydrogen) atoms. The predicted octanol–water partition coefficient (Wildman–Crippen LogP) is 5.19. The molecular formula is C22H20N2O2. The monoisotopic (exact) mass is 344 g/mol. The van der Waals surface area contributed by atoms with Gasteiger partial charge < -0.3 is 10.4 Å². The van der Waals surface area contributed by atoms with E-state index in [1.54, 1.807) is 18.2 Å². The SMILES string of the molecule is Cc1ccccc1N=C(Nc1ccccc1C)c1ccccc1C(=O)O. The Balaban J connectivity index is 2.16. The minimum atomic E-state index is -0.982. The van der Waals surface area contributed by atoms with Crippen LogP contribution in [0.3, 0.4) is 0 Å². The number of rotatable bonds is 4. The minimum Gasteiger partial charge on any atom is -0.478 e. The molecule has 0 fully saturated rings. The number of hydrogen-bond donors (Lipinski definition) is 2. The molecule has 0 radical (unpaired) electrons. The number of carbonyl (C=O) groups is 1. The van der Waals surface area contributed by atoms with Crippen LogP contribution in [0.2, 0.25) is 0 Å². The largest absolute Gasteiger partial charge is 0.478 e. The molecule has 0 aliphatic carbocycles. The molecule has 3 aromatic carbocycles. The summed E-state index contributed by atoms with van der Waals surface area (Å²) in [5, 5.41) is 12.9. The molecule has 0 aliphatic heterocycles. The standard InChI is InChI=1S/C22H20N2O2/c1-15-9-3-7-13-19(15)23-21(24-20-14-8-4-10-16(20)2)17-11-5-6-12-18(17)22(25)26/h3-14H,1-2H3,(H,23,24)(H,25,26). The lowest BCUT2D eigenvalue weighted by molar-refractivity contribution is 0.0696. The van der Waals surface area contributed by atoms with Crippen molar-refractivity contribution in [2.45, 2.75) is 13.8 Å².